The SMILES string of the molecule is CC1(C)C(C(=O)N(C2CCCCCC2)C2CC(=O)N(c3ccc(Br)cc3)C2=O)C1(C)C. The van der Waals surface area contributed by atoms with Crippen LogP contribution >= 0.6 is 15.9 Å². The van der Waals surface area contributed by atoms with Crippen LogP contribution in [0.1, 0.15) is 72.6 Å². The van der Waals surface area contributed by atoms with E-state index in [0.717, 1.165) is 30.2 Å². The van der Waals surface area contributed by atoms with Crippen LogP contribution in [0.2, 0.25) is 0 Å². The molecule has 2 saturated carbocycles. The van der Waals surface area contributed by atoms with Crippen LogP contribution in [0.4, 0.5) is 5.69 Å². The third kappa shape index (κ3) is 3.75. The molecule has 168 valence electrons. The first kappa shape index (κ1) is 22.5. The molecule has 3 aliphatic rings. The zero-order valence-corrected chi connectivity index (χ0v) is 20.6. The maximum absolute atomic E-state index is 13.9. The minimum Gasteiger partial charge on any atom is -0.327 e. The van der Waals surface area contributed by atoms with Crippen molar-refractivity contribution in [2.75, 3.05) is 4.90 Å². The molecule has 1 heterocycles. The predicted octanol–water partition coefficient (Wildman–Crippen LogP) is 5.31. The summed E-state index contributed by atoms with van der Waals surface area (Å²) < 4.78 is 0.889. The number of anilines is 1. The summed E-state index contributed by atoms with van der Waals surface area (Å²) in [5.74, 6) is -0.544. The van der Waals surface area contributed by atoms with Gasteiger partial charge in [0.05, 0.1) is 12.1 Å². The van der Waals surface area contributed by atoms with Crippen LogP contribution in [0.3, 0.4) is 0 Å². The summed E-state index contributed by atoms with van der Waals surface area (Å²) in [7, 11) is 0. The van der Waals surface area contributed by atoms with Crippen LogP contribution < -0.4 is 4.90 Å². The van der Waals surface area contributed by atoms with Gasteiger partial charge in [-0.25, -0.2) is 4.90 Å². The highest BCUT2D eigenvalue weighted by Gasteiger charge is 2.69. The van der Waals surface area contributed by atoms with E-state index in [4.69, 9.17) is 0 Å². The Morgan fingerprint density at radius 1 is 0.968 bits per heavy atom. The molecule has 1 aliphatic heterocycles. The summed E-state index contributed by atoms with van der Waals surface area (Å²) in [6.07, 6.45) is 6.37. The largest absolute Gasteiger partial charge is 0.327 e. The van der Waals surface area contributed by atoms with Crippen molar-refractivity contribution in [3.63, 3.8) is 0 Å². The molecule has 0 bridgehead atoms. The van der Waals surface area contributed by atoms with Crippen molar-refractivity contribution in [3.05, 3.63) is 28.7 Å². The molecule has 1 saturated heterocycles. The van der Waals surface area contributed by atoms with E-state index in [1.807, 2.05) is 17.0 Å². The van der Waals surface area contributed by atoms with E-state index in [1.54, 1.807) is 12.1 Å². The second-order valence-electron chi connectivity index (χ2n) is 10.5. The van der Waals surface area contributed by atoms with Crippen LogP contribution in [0.15, 0.2) is 28.7 Å². The highest BCUT2D eigenvalue weighted by atomic mass is 79.9. The van der Waals surface area contributed by atoms with E-state index in [1.165, 1.54) is 17.7 Å². The first-order valence-corrected chi connectivity index (χ1v) is 12.3. The fourth-order valence-electron chi connectivity index (χ4n) is 5.78. The number of carbonyl (C=O) groups excluding carboxylic acids is 3. The Hall–Kier alpha value is -1.69. The Bertz CT molecular complexity index is 871. The average molecular weight is 489 g/mol. The van der Waals surface area contributed by atoms with Crippen LogP contribution in [0.5, 0.6) is 0 Å². The van der Waals surface area contributed by atoms with E-state index in [9.17, 15) is 14.4 Å². The van der Waals surface area contributed by atoms with E-state index in [-0.39, 0.29) is 46.9 Å². The molecule has 0 aromatic heterocycles. The number of amides is 3. The fraction of sp³-hybridized carbons (Fsp3) is 0.640. The molecule has 1 unspecified atom stereocenters. The molecule has 1 aromatic carbocycles. The topological polar surface area (TPSA) is 57.7 Å². The normalized spacial score (nSPS) is 26.1. The molecule has 31 heavy (non-hydrogen) atoms. The Labute approximate surface area is 193 Å². The zero-order chi connectivity index (χ0) is 22.6. The van der Waals surface area contributed by atoms with Crippen molar-refractivity contribution in [1.82, 2.24) is 4.90 Å². The number of nitrogens with zero attached hydrogens (tertiary/aromatic N) is 2. The Morgan fingerprint density at radius 3 is 2.03 bits per heavy atom. The van der Waals surface area contributed by atoms with Gasteiger partial charge in [-0.1, -0.05) is 69.3 Å². The highest BCUT2D eigenvalue weighted by Crippen LogP contribution is 2.69. The van der Waals surface area contributed by atoms with E-state index in [0.29, 0.717) is 5.69 Å². The Balaban J connectivity index is 1.66. The number of hydrogen-bond donors (Lipinski definition) is 0. The standard InChI is InChI=1S/C25H33BrN2O3/c1-24(2)21(25(24,3)4)23(31)27(17-9-7-5-6-8-10-17)19-15-20(29)28(22(19)30)18-13-11-16(26)12-14-18/h11-14,17,19,21H,5-10,15H2,1-4H3. The van der Waals surface area contributed by atoms with Gasteiger partial charge in [0.25, 0.3) is 5.91 Å². The molecule has 3 fully saturated rings. The lowest BCUT2D eigenvalue weighted by molar-refractivity contribution is -0.143. The van der Waals surface area contributed by atoms with Gasteiger partial charge in [0.15, 0.2) is 0 Å². The lowest BCUT2D eigenvalue weighted by Gasteiger charge is -2.36. The zero-order valence-electron chi connectivity index (χ0n) is 19.0. The van der Waals surface area contributed by atoms with Crippen LogP contribution in [-0.4, -0.2) is 34.7 Å². The van der Waals surface area contributed by atoms with Crippen molar-refractivity contribution >= 4 is 39.3 Å². The molecular formula is C25H33BrN2O3. The predicted molar refractivity (Wildman–Crippen MR) is 124 cm³/mol. The average Bonchev–Trinajstić information content (AvgIpc) is 3.13. The second kappa shape index (κ2) is 8.02. The first-order valence-electron chi connectivity index (χ1n) is 11.5. The lowest BCUT2D eigenvalue weighted by atomic mass is 10.0. The van der Waals surface area contributed by atoms with Gasteiger partial charge in [-0.3, -0.25) is 14.4 Å². The molecule has 4 rings (SSSR count). The number of carbonyl (C=O) groups is 3. The minimum absolute atomic E-state index is 0.0359. The number of rotatable bonds is 4. The van der Waals surface area contributed by atoms with Crippen molar-refractivity contribution in [3.8, 4) is 0 Å². The van der Waals surface area contributed by atoms with Crippen molar-refractivity contribution in [2.45, 2.75) is 84.7 Å². The molecule has 2 aliphatic carbocycles. The van der Waals surface area contributed by atoms with Gasteiger partial charge in [-0.05, 0) is 47.9 Å². The van der Waals surface area contributed by atoms with Gasteiger partial charge < -0.3 is 4.90 Å². The van der Waals surface area contributed by atoms with Gasteiger partial charge in [0.2, 0.25) is 11.8 Å². The lowest BCUT2D eigenvalue weighted by Crippen LogP contribution is -2.52. The van der Waals surface area contributed by atoms with Gasteiger partial charge >= 0.3 is 0 Å². The second-order valence-corrected chi connectivity index (χ2v) is 11.4. The summed E-state index contributed by atoms with van der Waals surface area (Å²) in [5, 5.41) is 0. The summed E-state index contributed by atoms with van der Waals surface area (Å²) in [4.78, 5) is 43.5. The summed E-state index contributed by atoms with van der Waals surface area (Å²) in [5.41, 5.74) is 0.356. The van der Waals surface area contributed by atoms with Crippen molar-refractivity contribution < 1.29 is 14.4 Å². The third-order valence-corrected chi connectivity index (χ3v) is 8.81. The Morgan fingerprint density at radius 2 is 1.52 bits per heavy atom. The number of hydrogen-bond acceptors (Lipinski definition) is 3. The van der Waals surface area contributed by atoms with E-state index >= 15 is 0 Å². The maximum Gasteiger partial charge on any atom is 0.257 e. The molecule has 1 aromatic rings. The number of imide groups is 1. The molecule has 5 nitrogen and oxygen atoms in total. The summed E-state index contributed by atoms with van der Waals surface area (Å²) >= 11 is 3.40. The van der Waals surface area contributed by atoms with Crippen LogP contribution in [0, 0.1) is 16.7 Å². The minimum atomic E-state index is -0.695. The van der Waals surface area contributed by atoms with Crippen LogP contribution in [-0.2, 0) is 14.4 Å². The molecule has 1 atom stereocenters. The summed E-state index contributed by atoms with van der Waals surface area (Å²) in [6, 6.07) is 6.53. The van der Waals surface area contributed by atoms with E-state index in [2.05, 4.69) is 43.6 Å². The van der Waals surface area contributed by atoms with Crippen molar-refractivity contribution in [2.24, 2.45) is 16.7 Å². The van der Waals surface area contributed by atoms with Gasteiger partial charge in [0.1, 0.15) is 6.04 Å². The highest BCUT2D eigenvalue weighted by molar-refractivity contribution is 9.10. The van der Waals surface area contributed by atoms with Gasteiger partial charge in [-0.15, -0.1) is 0 Å². The number of benzene rings is 1. The number of halogens is 1. The van der Waals surface area contributed by atoms with Crippen molar-refractivity contribution in [1.29, 1.82) is 0 Å². The van der Waals surface area contributed by atoms with Gasteiger partial charge in [0, 0.05) is 16.4 Å². The molecule has 3 amide bonds. The molecule has 0 spiro atoms. The maximum atomic E-state index is 13.9. The molecule has 6 heteroatoms. The quantitative estimate of drug-likeness (QED) is 0.425. The molecular weight excluding hydrogens is 456 g/mol. The van der Waals surface area contributed by atoms with E-state index < -0.39 is 6.04 Å². The smallest absolute Gasteiger partial charge is 0.257 e. The first-order chi connectivity index (χ1) is 14.6. The molecule has 0 radical (unpaired) electrons. The fourth-order valence-corrected chi connectivity index (χ4v) is 6.05. The monoisotopic (exact) mass is 488 g/mol. The third-order valence-electron chi connectivity index (χ3n) is 8.28. The van der Waals surface area contributed by atoms with Crippen LogP contribution in [0.25, 0.3) is 0 Å². The molecule has 0 N–H and O–H groups in total. The van der Waals surface area contributed by atoms with Gasteiger partial charge in [-0.2, -0.15) is 0 Å². The Kier molecular flexibility index (Phi) is 5.82. The summed E-state index contributed by atoms with van der Waals surface area (Å²) in [6.45, 7) is 8.54.